The van der Waals surface area contributed by atoms with Crippen molar-refractivity contribution in [2.24, 2.45) is 7.05 Å². The molecule has 1 N–H and O–H groups in total. The Labute approximate surface area is 75.4 Å². The Balaban J connectivity index is 2.37. The van der Waals surface area contributed by atoms with E-state index in [4.69, 9.17) is 9.84 Å². The Hall–Kier alpha value is -1.14. The van der Waals surface area contributed by atoms with E-state index in [-0.39, 0.29) is 12.3 Å². The number of aliphatic hydroxyl groups excluding tert-OH is 1. The summed E-state index contributed by atoms with van der Waals surface area (Å²) < 4.78 is 7.70. The number of hydrogen-bond donors (Lipinski definition) is 1. The molecule has 1 rings (SSSR count). The van der Waals surface area contributed by atoms with Gasteiger partial charge in [-0.15, -0.1) is 0 Å². The topological polar surface area (TPSA) is 69.3 Å². The molecule has 6 heteroatoms. The molecule has 0 bridgehead atoms. The van der Waals surface area contributed by atoms with Gasteiger partial charge in [0.1, 0.15) is 6.33 Å². The second-order valence-electron chi connectivity index (χ2n) is 2.58. The number of rotatable bonds is 5. The van der Waals surface area contributed by atoms with Crippen LogP contribution >= 0.6 is 0 Å². The Bertz CT molecular complexity index is 304. The van der Waals surface area contributed by atoms with E-state index in [1.807, 2.05) is 0 Å². The van der Waals surface area contributed by atoms with Crippen LogP contribution in [0.15, 0.2) is 11.1 Å². The Morgan fingerprint density at radius 2 is 2.38 bits per heavy atom. The molecule has 0 saturated heterocycles. The highest BCUT2D eigenvalue weighted by atomic mass is 16.5. The summed E-state index contributed by atoms with van der Waals surface area (Å²) in [7, 11) is 1.64. The predicted octanol–water partition coefficient (Wildman–Crippen LogP) is -1.41. The first-order chi connectivity index (χ1) is 6.25. The molecule has 6 nitrogen and oxygen atoms in total. The highest BCUT2D eigenvalue weighted by molar-refractivity contribution is 4.64. The number of aryl methyl sites for hydroxylation is 1. The lowest BCUT2D eigenvalue weighted by molar-refractivity contribution is 0.0848. The molecule has 0 atom stereocenters. The summed E-state index contributed by atoms with van der Waals surface area (Å²) in [6, 6.07) is 0. The second-order valence-corrected chi connectivity index (χ2v) is 2.58. The van der Waals surface area contributed by atoms with Gasteiger partial charge in [0, 0.05) is 7.05 Å². The summed E-state index contributed by atoms with van der Waals surface area (Å²) in [5, 5.41) is 12.2. The van der Waals surface area contributed by atoms with E-state index in [2.05, 4.69) is 5.10 Å². The van der Waals surface area contributed by atoms with Gasteiger partial charge in [0.25, 0.3) is 0 Å². The van der Waals surface area contributed by atoms with Gasteiger partial charge >= 0.3 is 5.69 Å². The number of ether oxygens (including phenoxy) is 1. The monoisotopic (exact) mass is 187 g/mol. The van der Waals surface area contributed by atoms with E-state index in [1.165, 1.54) is 15.6 Å². The fourth-order valence-corrected chi connectivity index (χ4v) is 0.892. The molecule has 0 radical (unpaired) electrons. The molecule has 0 saturated carbocycles. The van der Waals surface area contributed by atoms with E-state index in [9.17, 15) is 4.79 Å². The van der Waals surface area contributed by atoms with Crippen LogP contribution in [0.4, 0.5) is 0 Å². The number of hydrogen-bond acceptors (Lipinski definition) is 4. The minimum atomic E-state index is -0.160. The standard InChI is InChI=1S/C7H13N3O3/c1-9-6-8-10(7(9)12)2-4-13-5-3-11/h6,11H,2-5H2,1H3. The zero-order chi connectivity index (χ0) is 9.68. The van der Waals surface area contributed by atoms with Crippen LogP contribution in [0.5, 0.6) is 0 Å². The van der Waals surface area contributed by atoms with Crippen LogP contribution in [0.1, 0.15) is 0 Å². The maximum atomic E-state index is 11.2. The third-order valence-corrected chi connectivity index (χ3v) is 1.57. The molecule has 0 spiro atoms. The van der Waals surface area contributed by atoms with E-state index >= 15 is 0 Å². The molecule has 1 aromatic heterocycles. The van der Waals surface area contributed by atoms with Crippen LogP contribution in [-0.2, 0) is 18.3 Å². The van der Waals surface area contributed by atoms with Crippen molar-refractivity contribution in [1.29, 1.82) is 0 Å². The minimum absolute atomic E-state index is 0.00286. The van der Waals surface area contributed by atoms with Gasteiger partial charge in [0.15, 0.2) is 0 Å². The van der Waals surface area contributed by atoms with Crippen LogP contribution in [0, 0.1) is 0 Å². The van der Waals surface area contributed by atoms with Gasteiger partial charge in [-0.25, -0.2) is 9.48 Å². The zero-order valence-corrected chi connectivity index (χ0v) is 7.51. The zero-order valence-electron chi connectivity index (χ0n) is 7.51. The van der Waals surface area contributed by atoms with E-state index < -0.39 is 0 Å². The molecule has 13 heavy (non-hydrogen) atoms. The van der Waals surface area contributed by atoms with E-state index in [1.54, 1.807) is 7.05 Å². The predicted molar refractivity (Wildman–Crippen MR) is 45.4 cm³/mol. The molecule has 1 heterocycles. The molecular formula is C7H13N3O3. The quantitative estimate of drug-likeness (QED) is 0.575. The van der Waals surface area contributed by atoms with Gasteiger partial charge in [-0.05, 0) is 0 Å². The van der Waals surface area contributed by atoms with Crippen molar-refractivity contribution in [2.45, 2.75) is 6.54 Å². The summed E-state index contributed by atoms with van der Waals surface area (Å²) in [4.78, 5) is 11.2. The summed E-state index contributed by atoms with van der Waals surface area (Å²) in [5.41, 5.74) is -0.160. The molecule has 0 aliphatic carbocycles. The highest BCUT2D eigenvalue weighted by Crippen LogP contribution is 1.79. The van der Waals surface area contributed by atoms with Crippen molar-refractivity contribution >= 4 is 0 Å². The van der Waals surface area contributed by atoms with Crippen LogP contribution in [0.2, 0.25) is 0 Å². The van der Waals surface area contributed by atoms with Crippen LogP contribution in [-0.4, -0.2) is 39.3 Å². The van der Waals surface area contributed by atoms with Gasteiger partial charge in [0.2, 0.25) is 0 Å². The van der Waals surface area contributed by atoms with Crippen molar-refractivity contribution in [3.8, 4) is 0 Å². The van der Waals surface area contributed by atoms with Gasteiger partial charge in [-0.3, -0.25) is 4.57 Å². The Morgan fingerprint density at radius 1 is 1.62 bits per heavy atom. The molecule has 0 amide bonds. The first-order valence-corrected chi connectivity index (χ1v) is 4.02. The lowest BCUT2D eigenvalue weighted by Crippen LogP contribution is -2.25. The Morgan fingerprint density at radius 3 is 2.92 bits per heavy atom. The van der Waals surface area contributed by atoms with Crippen molar-refractivity contribution in [3.05, 3.63) is 16.8 Å². The number of aromatic nitrogens is 3. The molecule has 0 fully saturated rings. The highest BCUT2D eigenvalue weighted by Gasteiger charge is 1.99. The van der Waals surface area contributed by atoms with Gasteiger partial charge in [-0.2, -0.15) is 5.10 Å². The molecule has 0 aliphatic heterocycles. The molecular weight excluding hydrogens is 174 g/mol. The maximum Gasteiger partial charge on any atom is 0.345 e. The number of nitrogens with zero attached hydrogens (tertiary/aromatic N) is 3. The minimum Gasteiger partial charge on any atom is -0.394 e. The van der Waals surface area contributed by atoms with Crippen molar-refractivity contribution in [3.63, 3.8) is 0 Å². The molecule has 0 aromatic carbocycles. The third-order valence-electron chi connectivity index (χ3n) is 1.57. The van der Waals surface area contributed by atoms with Crippen LogP contribution in [0.25, 0.3) is 0 Å². The average molecular weight is 187 g/mol. The van der Waals surface area contributed by atoms with Crippen LogP contribution < -0.4 is 5.69 Å². The van der Waals surface area contributed by atoms with Crippen molar-refractivity contribution < 1.29 is 9.84 Å². The van der Waals surface area contributed by atoms with Gasteiger partial charge in [-0.1, -0.05) is 0 Å². The first-order valence-electron chi connectivity index (χ1n) is 4.02. The Kier molecular flexibility index (Phi) is 3.66. The fraction of sp³-hybridized carbons (Fsp3) is 0.714. The fourth-order valence-electron chi connectivity index (χ4n) is 0.892. The summed E-state index contributed by atoms with van der Waals surface area (Å²) in [5.74, 6) is 0. The SMILES string of the molecule is Cn1cnn(CCOCCO)c1=O. The average Bonchev–Trinajstić information content (AvgIpc) is 2.43. The largest absolute Gasteiger partial charge is 0.394 e. The summed E-state index contributed by atoms with van der Waals surface area (Å²) in [6.45, 7) is 1.09. The van der Waals surface area contributed by atoms with Crippen molar-refractivity contribution in [2.75, 3.05) is 19.8 Å². The van der Waals surface area contributed by atoms with E-state index in [0.717, 1.165) is 0 Å². The normalized spacial score (nSPS) is 10.6. The number of aliphatic hydroxyl groups is 1. The summed E-state index contributed by atoms with van der Waals surface area (Å²) in [6.07, 6.45) is 1.45. The lowest BCUT2D eigenvalue weighted by Gasteiger charge is -2.00. The third kappa shape index (κ3) is 2.67. The second kappa shape index (κ2) is 4.78. The molecule has 0 aliphatic rings. The molecule has 0 unspecified atom stereocenters. The van der Waals surface area contributed by atoms with Gasteiger partial charge < -0.3 is 9.84 Å². The molecule has 1 aromatic rings. The smallest absolute Gasteiger partial charge is 0.345 e. The van der Waals surface area contributed by atoms with Gasteiger partial charge in [0.05, 0.1) is 26.4 Å². The maximum absolute atomic E-state index is 11.2. The van der Waals surface area contributed by atoms with Crippen molar-refractivity contribution in [1.82, 2.24) is 14.3 Å². The van der Waals surface area contributed by atoms with Crippen LogP contribution in [0.3, 0.4) is 0 Å². The van der Waals surface area contributed by atoms with E-state index in [0.29, 0.717) is 19.8 Å². The molecule has 74 valence electrons. The summed E-state index contributed by atoms with van der Waals surface area (Å²) >= 11 is 0. The lowest BCUT2D eigenvalue weighted by atomic mass is 10.7. The first kappa shape index (κ1) is 9.94.